The van der Waals surface area contributed by atoms with Crippen molar-refractivity contribution in [2.24, 2.45) is 0 Å². The number of aromatic nitrogens is 1. The highest BCUT2D eigenvalue weighted by Gasteiger charge is 2.39. The lowest BCUT2D eigenvalue weighted by Crippen LogP contribution is -2.33. The predicted molar refractivity (Wildman–Crippen MR) is 115 cm³/mol. The Morgan fingerprint density at radius 3 is 2.74 bits per heavy atom. The van der Waals surface area contributed by atoms with Crippen LogP contribution in [0.15, 0.2) is 35.2 Å². The molecule has 0 saturated carbocycles. The molecule has 186 valence electrons. The molecule has 0 spiro atoms. The van der Waals surface area contributed by atoms with Gasteiger partial charge in [0.25, 0.3) is 0 Å². The third-order valence-electron chi connectivity index (χ3n) is 5.09. The van der Waals surface area contributed by atoms with E-state index in [-0.39, 0.29) is 37.7 Å². The van der Waals surface area contributed by atoms with E-state index in [9.17, 15) is 32.4 Å². The average molecular weight is 514 g/mol. The summed E-state index contributed by atoms with van der Waals surface area (Å²) >= 11 is 0. The molecular weight excluding hydrogens is 496 g/mol. The summed E-state index contributed by atoms with van der Waals surface area (Å²) in [6.45, 7) is 0.433. The molecule has 1 aromatic heterocycles. The Balaban J connectivity index is 1.56. The van der Waals surface area contributed by atoms with Crippen molar-refractivity contribution < 1.29 is 46.2 Å². The molecule has 1 aromatic carbocycles. The van der Waals surface area contributed by atoms with Gasteiger partial charge in [0.15, 0.2) is 29.1 Å². The van der Waals surface area contributed by atoms with E-state index in [1.807, 2.05) is 0 Å². The van der Waals surface area contributed by atoms with Gasteiger partial charge in [-0.3, -0.25) is 19.2 Å². The second-order valence-corrected chi connectivity index (χ2v) is 8.64. The number of halogens is 3. The molecule has 0 radical (unpaired) electrons. The van der Waals surface area contributed by atoms with Crippen LogP contribution < -0.4 is 14.5 Å². The number of carbonyl (C=O) groups excluding carboxylic acids is 3. The Morgan fingerprint density at radius 2 is 2.11 bits per heavy atom. The first-order valence-corrected chi connectivity index (χ1v) is 11.3. The van der Waals surface area contributed by atoms with Crippen molar-refractivity contribution >= 4 is 43.6 Å². The van der Waals surface area contributed by atoms with Crippen LogP contribution in [0, 0.1) is 17.5 Å². The summed E-state index contributed by atoms with van der Waals surface area (Å²) in [5.74, 6) is -5.11. The molecular formula is C20H18F3N4O7P. The quantitative estimate of drug-likeness (QED) is 0.435. The summed E-state index contributed by atoms with van der Waals surface area (Å²) in [4.78, 5) is 47.1. The lowest BCUT2D eigenvalue weighted by Gasteiger charge is -2.26. The molecule has 2 aliphatic rings. The maximum atomic E-state index is 14.9. The summed E-state index contributed by atoms with van der Waals surface area (Å²) in [6, 6.07) is 2.02. The third-order valence-corrected chi connectivity index (χ3v) is 6.29. The maximum absolute atomic E-state index is 14.9. The van der Waals surface area contributed by atoms with E-state index < -0.39 is 55.5 Å². The SMILES string of the molecule is CC(=O)OP(O)N(CC1CN(c2cc(F)c(N3C=CC(=O)CC3)c(F)c2F)C(=O)O1)c1ccon1. The van der Waals surface area contributed by atoms with E-state index in [1.165, 1.54) is 12.3 Å². The monoisotopic (exact) mass is 514 g/mol. The van der Waals surface area contributed by atoms with Crippen molar-refractivity contribution in [2.75, 3.05) is 34.1 Å². The molecule has 0 bridgehead atoms. The Labute approximate surface area is 197 Å². The minimum Gasteiger partial charge on any atom is -0.442 e. The van der Waals surface area contributed by atoms with Crippen molar-refractivity contribution in [3.63, 3.8) is 0 Å². The largest absolute Gasteiger partial charge is 0.442 e. The Hall–Kier alpha value is -3.64. The molecule has 3 heterocycles. The highest BCUT2D eigenvalue weighted by atomic mass is 31.2. The molecule has 4 rings (SSSR count). The summed E-state index contributed by atoms with van der Waals surface area (Å²) in [5.41, 5.74) is -1.38. The van der Waals surface area contributed by atoms with E-state index in [2.05, 4.69) is 5.16 Å². The first-order chi connectivity index (χ1) is 16.7. The molecule has 1 amide bonds. The summed E-state index contributed by atoms with van der Waals surface area (Å²) in [7, 11) is -2.54. The Bertz CT molecular complexity index is 1180. The maximum Gasteiger partial charge on any atom is 0.414 e. The van der Waals surface area contributed by atoms with Crippen LogP contribution >= 0.6 is 8.53 Å². The molecule has 1 fully saturated rings. The van der Waals surface area contributed by atoms with Gasteiger partial charge in [-0.1, -0.05) is 5.16 Å². The smallest absolute Gasteiger partial charge is 0.414 e. The fraction of sp³-hybridized carbons (Fsp3) is 0.300. The standard InChI is InChI=1S/C20H18F3N4O7P/c1-11(28)34-35(31)27(16-4-7-32-24-16)10-13-9-26(20(30)33-13)15-8-14(21)19(18(23)17(15)22)25-5-2-12(29)3-6-25/h2,4-5,7-8,13,31H,3,6,9-10H2,1H3. The van der Waals surface area contributed by atoms with Crippen LogP contribution in [0.5, 0.6) is 0 Å². The van der Waals surface area contributed by atoms with E-state index in [1.54, 1.807) is 0 Å². The third kappa shape index (κ3) is 5.08. The van der Waals surface area contributed by atoms with Gasteiger partial charge in [0.1, 0.15) is 18.1 Å². The normalized spacial score (nSPS) is 18.6. The number of rotatable bonds is 7. The molecule has 1 saturated heterocycles. The number of cyclic esters (lactones) is 1. The van der Waals surface area contributed by atoms with Gasteiger partial charge in [0, 0.05) is 38.2 Å². The van der Waals surface area contributed by atoms with Crippen molar-refractivity contribution in [1.29, 1.82) is 0 Å². The minimum absolute atomic E-state index is 0.00163. The van der Waals surface area contributed by atoms with Gasteiger partial charge < -0.3 is 23.6 Å². The van der Waals surface area contributed by atoms with Crippen LogP contribution in [0.4, 0.5) is 35.2 Å². The number of amides is 1. The van der Waals surface area contributed by atoms with E-state index in [0.717, 1.165) is 28.8 Å². The zero-order chi connectivity index (χ0) is 25.3. The zero-order valence-corrected chi connectivity index (χ0v) is 19.0. The molecule has 11 nitrogen and oxygen atoms in total. The molecule has 2 aromatic rings. The van der Waals surface area contributed by atoms with Gasteiger partial charge in [-0.15, -0.1) is 0 Å². The number of benzene rings is 1. The topological polar surface area (TPSA) is 126 Å². The minimum atomic E-state index is -2.54. The average Bonchev–Trinajstić information content (AvgIpc) is 3.45. The fourth-order valence-corrected chi connectivity index (χ4v) is 4.47. The number of ether oxygens (including phenoxy) is 1. The first-order valence-electron chi connectivity index (χ1n) is 10.1. The lowest BCUT2D eigenvalue weighted by atomic mass is 10.1. The Kier molecular flexibility index (Phi) is 6.94. The van der Waals surface area contributed by atoms with Crippen LogP contribution in [-0.2, 0) is 18.8 Å². The van der Waals surface area contributed by atoms with Gasteiger partial charge in [-0.2, -0.15) is 0 Å². The molecule has 0 aliphatic carbocycles. The summed E-state index contributed by atoms with van der Waals surface area (Å²) in [6.07, 6.45) is 1.36. The molecule has 2 aliphatic heterocycles. The van der Waals surface area contributed by atoms with E-state index in [0.29, 0.717) is 11.0 Å². The predicted octanol–water partition coefficient (Wildman–Crippen LogP) is 3.00. The lowest BCUT2D eigenvalue weighted by molar-refractivity contribution is -0.131. The number of hydrogen-bond acceptors (Lipinski definition) is 10. The van der Waals surface area contributed by atoms with Crippen LogP contribution in [0.1, 0.15) is 13.3 Å². The molecule has 15 heteroatoms. The van der Waals surface area contributed by atoms with Crippen LogP contribution in [0.25, 0.3) is 0 Å². The van der Waals surface area contributed by atoms with Crippen molar-refractivity contribution in [2.45, 2.75) is 19.4 Å². The van der Waals surface area contributed by atoms with Gasteiger partial charge >= 0.3 is 20.6 Å². The number of anilines is 3. The highest BCUT2D eigenvalue weighted by Crippen LogP contribution is 2.41. The zero-order valence-electron chi connectivity index (χ0n) is 18.1. The van der Waals surface area contributed by atoms with Crippen LogP contribution in [0.2, 0.25) is 0 Å². The highest BCUT2D eigenvalue weighted by molar-refractivity contribution is 7.48. The fourth-order valence-electron chi connectivity index (χ4n) is 3.54. The number of ketones is 1. The summed E-state index contributed by atoms with van der Waals surface area (Å²) in [5, 5.41) is 3.65. The summed E-state index contributed by atoms with van der Waals surface area (Å²) < 4.78 is 60.4. The van der Waals surface area contributed by atoms with Gasteiger partial charge in [-0.05, 0) is 6.08 Å². The Morgan fingerprint density at radius 1 is 1.34 bits per heavy atom. The second-order valence-electron chi connectivity index (χ2n) is 7.47. The number of allylic oxidation sites excluding steroid dienone is 1. The number of carbonyl (C=O) groups is 3. The van der Waals surface area contributed by atoms with Crippen LogP contribution in [-0.4, -0.2) is 53.6 Å². The van der Waals surface area contributed by atoms with Crippen molar-refractivity contribution in [3.05, 3.63) is 48.1 Å². The number of nitrogens with zero attached hydrogens (tertiary/aromatic N) is 4. The van der Waals surface area contributed by atoms with E-state index in [4.69, 9.17) is 13.8 Å². The second kappa shape index (κ2) is 9.92. The van der Waals surface area contributed by atoms with Gasteiger partial charge in [-0.25, -0.2) is 18.0 Å². The molecule has 35 heavy (non-hydrogen) atoms. The van der Waals surface area contributed by atoms with Crippen molar-refractivity contribution in [3.8, 4) is 0 Å². The van der Waals surface area contributed by atoms with Gasteiger partial charge in [0.2, 0.25) is 0 Å². The molecule has 1 N–H and O–H groups in total. The van der Waals surface area contributed by atoms with E-state index >= 15 is 0 Å². The number of hydrogen-bond donors (Lipinski definition) is 1. The van der Waals surface area contributed by atoms with Crippen molar-refractivity contribution in [1.82, 2.24) is 5.16 Å². The van der Waals surface area contributed by atoms with Crippen LogP contribution in [0.3, 0.4) is 0 Å². The first kappa shape index (κ1) is 24.5. The molecule has 2 atom stereocenters. The van der Waals surface area contributed by atoms with Gasteiger partial charge in [0.05, 0.1) is 18.8 Å². The molecule has 2 unspecified atom stereocenters.